The highest BCUT2D eigenvalue weighted by Crippen LogP contribution is 2.49. The molecule has 4 nitrogen and oxygen atoms in total. The van der Waals surface area contributed by atoms with Crippen molar-refractivity contribution in [3.8, 4) is 5.75 Å². The van der Waals surface area contributed by atoms with Crippen LogP contribution in [0.4, 0.5) is 0 Å². The van der Waals surface area contributed by atoms with E-state index in [2.05, 4.69) is 17.2 Å². The van der Waals surface area contributed by atoms with Gasteiger partial charge in [-0.1, -0.05) is 30.3 Å². The number of ketones is 1. The van der Waals surface area contributed by atoms with Crippen molar-refractivity contribution in [2.75, 3.05) is 7.11 Å². The molecule has 2 atom stereocenters. The molecule has 0 radical (unpaired) electrons. The predicted octanol–water partition coefficient (Wildman–Crippen LogP) is 2.42. The normalized spacial score (nSPS) is 21.2. The van der Waals surface area contributed by atoms with Crippen LogP contribution in [0.15, 0.2) is 36.5 Å². The Hall–Kier alpha value is -2.10. The Labute approximate surface area is 112 Å². The molecule has 0 saturated heterocycles. The van der Waals surface area contributed by atoms with Crippen LogP contribution < -0.4 is 4.74 Å². The summed E-state index contributed by atoms with van der Waals surface area (Å²) < 4.78 is 6.80. The number of carbonyl (C=O) groups excluding carboxylic acids is 1. The first-order chi connectivity index (χ1) is 9.22. The van der Waals surface area contributed by atoms with Crippen LogP contribution in [0.25, 0.3) is 0 Å². The van der Waals surface area contributed by atoms with Crippen LogP contribution in [-0.2, 0) is 7.05 Å². The van der Waals surface area contributed by atoms with Crippen molar-refractivity contribution >= 4 is 5.78 Å². The molecule has 0 aliphatic heterocycles. The van der Waals surface area contributed by atoms with Crippen molar-refractivity contribution < 1.29 is 9.53 Å². The van der Waals surface area contributed by atoms with Gasteiger partial charge in [0.1, 0.15) is 5.69 Å². The summed E-state index contributed by atoms with van der Waals surface area (Å²) in [6.07, 6.45) is 2.50. The van der Waals surface area contributed by atoms with Crippen molar-refractivity contribution in [3.63, 3.8) is 0 Å². The van der Waals surface area contributed by atoms with Gasteiger partial charge in [0.25, 0.3) is 0 Å². The number of Topliss-reactive ketones (excluding diaryl/α,β-unsaturated/α-hetero) is 1. The number of aryl methyl sites for hydroxylation is 1. The zero-order chi connectivity index (χ0) is 13.4. The molecule has 1 aromatic carbocycles. The fourth-order valence-electron chi connectivity index (χ4n) is 2.58. The lowest BCUT2D eigenvalue weighted by atomic mass is 10.1. The van der Waals surface area contributed by atoms with Gasteiger partial charge in [-0.15, -0.1) is 0 Å². The van der Waals surface area contributed by atoms with Gasteiger partial charge < -0.3 is 4.74 Å². The number of nitrogens with zero attached hydrogens (tertiary/aromatic N) is 2. The fourth-order valence-corrected chi connectivity index (χ4v) is 2.58. The van der Waals surface area contributed by atoms with E-state index in [1.165, 1.54) is 5.56 Å². The SMILES string of the molecule is COc1cnn(C)c1C(=O)C1CC1c1ccccc1. The monoisotopic (exact) mass is 256 g/mol. The maximum atomic E-state index is 12.5. The minimum atomic E-state index is 0.0618. The molecule has 19 heavy (non-hydrogen) atoms. The highest BCUT2D eigenvalue weighted by molar-refractivity contribution is 6.01. The molecule has 2 unspecified atom stereocenters. The van der Waals surface area contributed by atoms with Crippen molar-refractivity contribution in [2.45, 2.75) is 12.3 Å². The Morgan fingerprint density at radius 1 is 1.37 bits per heavy atom. The van der Waals surface area contributed by atoms with E-state index in [1.807, 2.05) is 18.2 Å². The van der Waals surface area contributed by atoms with Gasteiger partial charge >= 0.3 is 0 Å². The van der Waals surface area contributed by atoms with E-state index in [9.17, 15) is 4.79 Å². The quantitative estimate of drug-likeness (QED) is 0.789. The van der Waals surface area contributed by atoms with Gasteiger partial charge in [0.05, 0.1) is 13.3 Å². The zero-order valence-corrected chi connectivity index (χ0v) is 11.0. The molecule has 1 heterocycles. The molecule has 1 fully saturated rings. The van der Waals surface area contributed by atoms with E-state index in [4.69, 9.17) is 4.74 Å². The van der Waals surface area contributed by atoms with Crippen LogP contribution >= 0.6 is 0 Å². The number of carbonyl (C=O) groups is 1. The van der Waals surface area contributed by atoms with Crippen LogP contribution in [0.5, 0.6) is 5.75 Å². The average Bonchev–Trinajstić information content (AvgIpc) is 3.16. The zero-order valence-electron chi connectivity index (χ0n) is 11.0. The van der Waals surface area contributed by atoms with E-state index in [0.717, 1.165) is 6.42 Å². The highest BCUT2D eigenvalue weighted by atomic mass is 16.5. The molecule has 0 spiro atoms. The molecule has 0 amide bonds. The van der Waals surface area contributed by atoms with Gasteiger partial charge in [0, 0.05) is 13.0 Å². The Balaban J connectivity index is 1.82. The molecule has 1 aromatic heterocycles. The molecule has 2 aromatic rings. The first-order valence-corrected chi connectivity index (χ1v) is 6.37. The van der Waals surface area contributed by atoms with Crippen molar-refractivity contribution in [1.82, 2.24) is 9.78 Å². The summed E-state index contributed by atoms with van der Waals surface area (Å²) in [6.45, 7) is 0. The number of hydrogen-bond donors (Lipinski definition) is 0. The lowest BCUT2D eigenvalue weighted by Gasteiger charge is -2.04. The number of benzene rings is 1. The summed E-state index contributed by atoms with van der Waals surface area (Å²) in [5, 5.41) is 4.09. The lowest BCUT2D eigenvalue weighted by Crippen LogP contribution is -2.11. The van der Waals surface area contributed by atoms with Gasteiger partial charge in [-0.2, -0.15) is 5.10 Å². The number of ether oxygens (including phenoxy) is 1. The Kier molecular flexibility index (Phi) is 2.85. The maximum absolute atomic E-state index is 12.5. The summed E-state index contributed by atoms with van der Waals surface area (Å²) >= 11 is 0. The van der Waals surface area contributed by atoms with Crippen LogP contribution in [-0.4, -0.2) is 22.7 Å². The number of aromatic nitrogens is 2. The van der Waals surface area contributed by atoms with Gasteiger partial charge in [0.15, 0.2) is 11.5 Å². The van der Waals surface area contributed by atoms with E-state index < -0.39 is 0 Å². The first-order valence-electron chi connectivity index (χ1n) is 6.37. The van der Waals surface area contributed by atoms with E-state index in [-0.39, 0.29) is 11.7 Å². The number of methoxy groups -OCH3 is 1. The third kappa shape index (κ3) is 2.03. The molecule has 0 bridgehead atoms. The lowest BCUT2D eigenvalue weighted by molar-refractivity contribution is 0.0953. The summed E-state index contributed by atoms with van der Waals surface area (Å²) in [6, 6.07) is 10.2. The number of hydrogen-bond acceptors (Lipinski definition) is 3. The van der Waals surface area contributed by atoms with E-state index in [1.54, 1.807) is 25.0 Å². The standard InChI is InChI=1S/C15H16N2O2/c1-17-14(13(19-2)9-16-17)15(18)12-8-11(12)10-6-4-3-5-7-10/h3-7,9,11-12H,8H2,1-2H3. The topological polar surface area (TPSA) is 44.1 Å². The minimum absolute atomic E-state index is 0.0618. The molecule has 1 saturated carbocycles. The molecule has 98 valence electrons. The van der Waals surface area contributed by atoms with Gasteiger partial charge in [-0.05, 0) is 17.9 Å². The van der Waals surface area contributed by atoms with E-state index in [0.29, 0.717) is 17.4 Å². The second-order valence-electron chi connectivity index (χ2n) is 4.91. The third-order valence-electron chi connectivity index (χ3n) is 3.71. The molecule has 0 N–H and O–H groups in total. The van der Waals surface area contributed by atoms with Crippen LogP contribution in [0.2, 0.25) is 0 Å². The molecule has 4 heteroatoms. The van der Waals surface area contributed by atoms with Crippen molar-refractivity contribution in [1.29, 1.82) is 0 Å². The van der Waals surface area contributed by atoms with E-state index >= 15 is 0 Å². The molecule has 1 aliphatic carbocycles. The molecule has 3 rings (SSSR count). The first kappa shape index (κ1) is 12.0. The second-order valence-corrected chi connectivity index (χ2v) is 4.91. The fraction of sp³-hybridized carbons (Fsp3) is 0.333. The van der Waals surface area contributed by atoms with Crippen LogP contribution in [0, 0.1) is 5.92 Å². The Bertz CT molecular complexity index is 604. The summed E-state index contributed by atoms with van der Waals surface area (Å²) in [5.41, 5.74) is 1.81. The third-order valence-corrected chi connectivity index (χ3v) is 3.71. The summed E-state index contributed by atoms with van der Waals surface area (Å²) in [4.78, 5) is 12.5. The van der Waals surface area contributed by atoms with Crippen molar-refractivity contribution in [3.05, 3.63) is 47.8 Å². The summed E-state index contributed by atoms with van der Waals surface area (Å²) in [5.74, 6) is 1.09. The minimum Gasteiger partial charge on any atom is -0.493 e. The average molecular weight is 256 g/mol. The largest absolute Gasteiger partial charge is 0.493 e. The number of rotatable bonds is 4. The summed E-state index contributed by atoms with van der Waals surface area (Å²) in [7, 11) is 3.34. The Morgan fingerprint density at radius 3 is 2.79 bits per heavy atom. The van der Waals surface area contributed by atoms with Gasteiger partial charge in [-0.25, -0.2) is 0 Å². The van der Waals surface area contributed by atoms with Gasteiger partial charge in [0.2, 0.25) is 0 Å². The second kappa shape index (κ2) is 4.53. The predicted molar refractivity (Wildman–Crippen MR) is 71.4 cm³/mol. The van der Waals surface area contributed by atoms with Crippen LogP contribution in [0.3, 0.4) is 0 Å². The van der Waals surface area contributed by atoms with Gasteiger partial charge in [-0.3, -0.25) is 9.48 Å². The smallest absolute Gasteiger partial charge is 0.188 e. The highest BCUT2D eigenvalue weighted by Gasteiger charge is 2.45. The molecular formula is C15H16N2O2. The molecule has 1 aliphatic rings. The van der Waals surface area contributed by atoms with Crippen molar-refractivity contribution in [2.24, 2.45) is 13.0 Å². The van der Waals surface area contributed by atoms with Crippen LogP contribution in [0.1, 0.15) is 28.4 Å². The molecular weight excluding hydrogens is 240 g/mol. The Morgan fingerprint density at radius 2 is 2.11 bits per heavy atom. The maximum Gasteiger partial charge on any atom is 0.188 e.